The summed E-state index contributed by atoms with van der Waals surface area (Å²) in [5.74, 6) is -0.0577. The first-order valence-electron chi connectivity index (χ1n) is 9.76. The smallest absolute Gasteiger partial charge is 0.328 e. The van der Waals surface area contributed by atoms with Crippen molar-refractivity contribution in [2.24, 2.45) is 11.3 Å². The van der Waals surface area contributed by atoms with Gasteiger partial charge in [-0.15, -0.1) is 0 Å². The number of aliphatic carboxylic acids is 1. The number of rotatable bonds is 4. The predicted molar refractivity (Wildman–Crippen MR) is 114 cm³/mol. The third kappa shape index (κ3) is 4.92. The van der Waals surface area contributed by atoms with Crippen molar-refractivity contribution < 1.29 is 15.0 Å². The maximum absolute atomic E-state index is 10.7. The van der Waals surface area contributed by atoms with Crippen LogP contribution in [0, 0.1) is 11.3 Å². The molecule has 1 aliphatic carbocycles. The number of carboxylic acids is 1. The molecule has 0 aliphatic heterocycles. The molecule has 0 saturated heterocycles. The van der Waals surface area contributed by atoms with E-state index in [4.69, 9.17) is 5.11 Å². The van der Waals surface area contributed by atoms with Gasteiger partial charge in [0.2, 0.25) is 0 Å². The van der Waals surface area contributed by atoms with Gasteiger partial charge in [-0.1, -0.05) is 62.7 Å². The van der Waals surface area contributed by atoms with Crippen LogP contribution >= 0.6 is 0 Å². The molecular weight excluding hydrogens is 348 g/mol. The lowest BCUT2D eigenvalue weighted by Gasteiger charge is -2.37. The van der Waals surface area contributed by atoms with Gasteiger partial charge < -0.3 is 10.2 Å². The standard InChI is InChI=1S/C25H28O3/c1-17-14-21(16-25(2,3)15-17)24(20-9-11-22(26)12-10-20)19-7-4-18(5-8-19)6-13-23(27)28/h4-13,17,26H,14-16H2,1-3H3,(H,27,28)/b13-6+,24-21-. The lowest BCUT2D eigenvalue weighted by Crippen LogP contribution is -2.23. The summed E-state index contributed by atoms with van der Waals surface area (Å²) in [6, 6.07) is 15.4. The van der Waals surface area contributed by atoms with Crippen LogP contribution in [0.3, 0.4) is 0 Å². The van der Waals surface area contributed by atoms with Gasteiger partial charge in [0.05, 0.1) is 0 Å². The van der Waals surface area contributed by atoms with Gasteiger partial charge >= 0.3 is 5.97 Å². The predicted octanol–water partition coefficient (Wildman–Crippen LogP) is 6.14. The normalized spacial score (nSPS) is 20.9. The highest BCUT2D eigenvalue weighted by molar-refractivity contribution is 5.86. The van der Waals surface area contributed by atoms with Crippen molar-refractivity contribution in [3.63, 3.8) is 0 Å². The molecule has 1 aliphatic rings. The van der Waals surface area contributed by atoms with Crippen molar-refractivity contribution in [1.82, 2.24) is 0 Å². The highest BCUT2D eigenvalue weighted by Gasteiger charge is 2.30. The van der Waals surface area contributed by atoms with E-state index >= 15 is 0 Å². The van der Waals surface area contributed by atoms with Gasteiger partial charge in [-0.2, -0.15) is 0 Å². The van der Waals surface area contributed by atoms with E-state index in [0.717, 1.165) is 35.6 Å². The second kappa shape index (κ2) is 8.05. The van der Waals surface area contributed by atoms with E-state index in [1.54, 1.807) is 18.2 Å². The second-order valence-electron chi connectivity index (χ2n) is 8.67. The van der Waals surface area contributed by atoms with Crippen LogP contribution in [0.5, 0.6) is 5.75 Å². The van der Waals surface area contributed by atoms with Crippen molar-refractivity contribution in [2.75, 3.05) is 0 Å². The molecule has 2 aromatic carbocycles. The third-order valence-electron chi connectivity index (χ3n) is 5.32. The molecule has 2 N–H and O–H groups in total. The lowest BCUT2D eigenvalue weighted by atomic mass is 9.68. The topological polar surface area (TPSA) is 57.5 Å². The highest BCUT2D eigenvalue weighted by atomic mass is 16.4. The van der Waals surface area contributed by atoms with Gasteiger partial charge in [-0.3, -0.25) is 0 Å². The summed E-state index contributed by atoms with van der Waals surface area (Å²) in [6.45, 7) is 6.98. The number of benzene rings is 2. The number of hydrogen-bond donors (Lipinski definition) is 2. The van der Waals surface area contributed by atoms with E-state index in [9.17, 15) is 9.90 Å². The van der Waals surface area contributed by atoms with Crippen LogP contribution in [0.25, 0.3) is 11.6 Å². The number of hydrogen-bond acceptors (Lipinski definition) is 2. The summed E-state index contributed by atoms with van der Waals surface area (Å²) in [7, 11) is 0. The molecule has 1 unspecified atom stereocenters. The van der Waals surface area contributed by atoms with E-state index in [1.165, 1.54) is 17.6 Å². The van der Waals surface area contributed by atoms with Crippen molar-refractivity contribution in [1.29, 1.82) is 0 Å². The van der Waals surface area contributed by atoms with Crippen LogP contribution in [0.4, 0.5) is 0 Å². The Bertz CT molecular complexity index is 900. The first kappa shape index (κ1) is 19.9. The van der Waals surface area contributed by atoms with Gasteiger partial charge in [0.25, 0.3) is 0 Å². The molecule has 1 atom stereocenters. The molecule has 0 amide bonds. The molecule has 28 heavy (non-hydrogen) atoms. The zero-order valence-electron chi connectivity index (χ0n) is 16.8. The van der Waals surface area contributed by atoms with Crippen molar-refractivity contribution in [2.45, 2.75) is 40.0 Å². The summed E-state index contributed by atoms with van der Waals surface area (Å²) < 4.78 is 0. The number of phenols is 1. The number of phenolic OH excluding ortho intramolecular Hbond substituents is 1. The van der Waals surface area contributed by atoms with Crippen LogP contribution in [0.2, 0.25) is 0 Å². The van der Waals surface area contributed by atoms with Crippen molar-refractivity contribution in [3.05, 3.63) is 76.9 Å². The quantitative estimate of drug-likeness (QED) is 0.630. The van der Waals surface area contributed by atoms with Crippen LogP contribution < -0.4 is 0 Å². The molecular formula is C25H28O3. The minimum atomic E-state index is -0.950. The van der Waals surface area contributed by atoms with Gasteiger partial charge in [0.1, 0.15) is 5.75 Å². The molecule has 146 valence electrons. The molecule has 1 saturated carbocycles. The Balaban J connectivity index is 2.08. The Kier molecular flexibility index (Phi) is 5.73. The fourth-order valence-electron chi connectivity index (χ4n) is 4.48. The van der Waals surface area contributed by atoms with E-state index < -0.39 is 5.97 Å². The van der Waals surface area contributed by atoms with E-state index in [2.05, 4.69) is 32.9 Å². The van der Waals surface area contributed by atoms with Crippen LogP contribution in [0.1, 0.15) is 56.7 Å². The molecule has 0 radical (unpaired) electrons. The Hall–Kier alpha value is -2.81. The van der Waals surface area contributed by atoms with Crippen LogP contribution in [0.15, 0.2) is 60.2 Å². The van der Waals surface area contributed by atoms with Crippen molar-refractivity contribution in [3.8, 4) is 5.75 Å². The number of allylic oxidation sites excluding steroid dienone is 1. The fraction of sp³-hybridized carbons (Fsp3) is 0.320. The molecule has 0 heterocycles. The molecule has 0 bridgehead atoms. The Morgan fingerprint density at radius 1 is 1.04 bits per heavy atom. The first-order chi connectivity index (χ1) is 13.2. The maximum Gasteiger partial charge on any atom is 0.328 e. The average Bonchev–Trinajstić information content (AvgIpc) is 2.61. The third-order valence-corrected chi connectivity index (χ3v) is 5.32. The van der Waals surface area contributed by atoms with Crippen LogP contribution in [-0.2, 0) is 4.79 Å². The number of aromatic hydroxyl groups is 1. The largest absolute Gasteiger partial charge is 0.508 e. The maximum atomic E-state index is 10.7. The van der Waals surface area contributed by atoms with Crippen molar-refractivity contribution >= 4 is 17.6 Å². The molecule has 0 spiro atoms. The van der Waals surface area contributed by atoms with E-state index in [-0.39, 0.29) is 11.2 Å². The van der Waals surface area contributed by atoms with Gasteiger partial charge in [0, 0.05) is 6.08 Å². The van der Waals surface area contributed by atoms with E-state index in [1.807, 2.05) is 24.3 Å². The molecule has 3 heteroatoms. The van der Waals surface area contributed by atoms with Gasteiger partial charge in [-0.05, 0) is 71.1 Å². The summed E-state index contributed by atoms with van der Waals surface area (Å²) in [5, 5.41) is 18.5. The second-order valence-corrected chi connectivity index (χ2v) is 8.67. The molecule has 3 rings (SSSR count). The first-order valence-corrected chi connectivity index (χ1v) is 9.76. The molecule has 1 fully saturated rings. The van der Waals surface area contributed by atoms with E-state index in [0.29, 0.717) is 5.92 Å². The molecule has 2 aromatic rings. The summed E-state index contributed by atoms with van der Waals surface area (Å²) in [4.78, 5) is 10.7. The fourth-order valence-corrected chi connectivity index (χ4v) is 4.48. The Morgan fingerprint density at radius 2 is 1.61 bits per heavy atom. The minimum Gasteiger partial charge on any atom is -0.508 e. The Labute approximate surface area is 167 Å². The summed E-state index contributed by atoms with van der Waals surface area (Å²) in [5.41, 5.74) is 6.03. The zero-order chi connectivity index (χ0) is 20.3. The number of carboxylic acid groups (broad SMARTS) is 1. The summed E-state index contributed by atoms with van der Waals surface area (Å²) >= 11 is 0. The monoisotopic (exact) mass is 376 g/mol. The SMILES string of the molecule is CC1C/C(=C(/c2ccc(O)cc2)c2ccc(/C=C/C(=O)O)cc2)CC(C)(C)C1. The molecule has 0 aromatic heterocycles. The minimum absolute atomic E-state index is 0.263. The Morgan fingerprint density at radius 3 is 2.14 bits per heavy atom. The summed E-state index contributed by atoms with van der Waals surface area (Å²) in [6.07, 6.45) is 6.10. The highest BCUT2D eigenvalue weighted by Crippen LogP contribution is 2.45. The zero-order valence-corrected chi connectivity index (χ0v) is 16.8. The molecule has 3 nitrogen and oxygen atoms in total. The average molecular weight is 376 g/mol. The van der Waals surface area contributed by atoms with Crippen LogP contribution in [-0.4, -0.2) is 16.2 Å². The van der Waals surface area contributed by atoms with Gasteiger partial charge in [0.15, 0.2) is 0 Å². The van der Waals surface area contributed by atoms with Gasteiger partial charge in [-0.25, -0.2) is 4.79 Å². The number of carbonyl (C=O) groups is 1. The lowest BCUT2D eigenvalue weighted by molar-refractivity contribution is -0.131.